The first-order valence-corrected chi connectivity index (χ1v) is 10.1. The van der Waals surface area contributed by atoms with E-state index in [4.69, 9.17) is 0 Å². The Morgan fingerprint density at radius 1 is 1.03 bits per heavy atom. The third-order valence-electron chi connectivity index (χ3n) is 6.19. The van der Waals surface area contributed by atoms with E-state index in [0.29, 0.717) is 11.6 Å². The van der Waals surface area contributed by atoms with Gasteiger partial charge in [0.05, 0.1) is 5.69 Å². The number of rotatable bonds is 4. The molecule has 0 spiro atoms. The van der Waals surface area contributed by atoms with Gasteiger partial charge < -0.3 is 15.1 Å². The number of carboxylic acids is 1. The highest BCUT2D eigenvalue weighted by Crippen LogP contribution is 2.51. The molecule has 1 fully saturated rings. The molecule has 4 aromatic rings. The molecule has 3 N–H and O–H groups in total. The SMILES string of the molecule is O=C(O)c1[nH]c(-c2cccc3[nH]ccc23)c(C2CC2)c1-c1cccc2c1C=CC2. The molecule has 2 heterocycles. The summed E-state index contributed by atoms with van der Waals surface area (Å²) in [6, 6.07) is 14.5. The Hall–Kier alpha value is -3.53. The molecule has 4 heteroatoms. The van der Waals surface area contributed by atoms with Crippen molar-refractivity contribution < 1.29 is 9.90 Å². The minimum Gasteiger partial charge on any atom is -0.477 e. The highest BCUT2D eigenvalue weighted by atomic mass is 16.4. The number of hydrogen-bond donors (Lipinski definition) is 3. The second-order valence-corrected chi connectivity index (χ2v) is 7.97. The number of aromatic carboxylic acids is 1. The van der Waals surface area contributed by atoms with E-state index in [1.807, 2.05) is 24.4 Å². The molecule has 0 saturated heterocycles. The van der Waals surface area contributed by atoms with Gasteiger partial charge in [-0.05, 0) is 59.6 Å². The predicted molar refractivity (Wildman–Crippen MR) is 115 cm³/mol. The lowest BCUT2D eigenvalue weighted by molar-refractivity contribution is 0.0692. The number of nitrogens with one attached hydrogen (secondary N) is 2. The molecule has 6 rings (SSSR count). The maximum Gasteiger partial charge on any atom is 0.352 e. The molecule has 1 saturated carbocycles. The molecule has 2 aromatic carbocycles. The van der Waals surface area contributed by atoms with Crippen LogP contribution in [0, 0.1) is 0 Å². The van der Waals surface area contributed by atoms with Gasteiger partial charge in [-0.25, -0.2) is 4.79 Å². The molecule has 0 atom stereocenters. The summed E-state index contributed by atoms with van der Waals surface area (Å²) in [5, 5.41) is 11.2. The summed E-state index contributed by atoms with van der Waals surface area (Å²) in [4.78, 5) is 18.9. The van der Waals surface area contributed by atoms with Crippen LogP contribution >= 0.6 is 0 Å². The Balaban J connectivity index is 1.70. The van der Waals surface area contributed by atoms with Gasteiger partial charge in [-0.3, -0.25) is 0 Å². The van der Waals surface area contributed by atoms with Gasteiger partial charge in [0, 0.05) is 28.2 Å². The third kappa shape index (κ3) is 2.42. The maximum absolute atomic E-state index is 12.3. The number of benzene rings is 2. The fourth-order valence-corrected chi connectivity index (χ4v) is 4.76. The van der Waals surface area contributed by atoms with Gasteiger partial charge in [0.2, 0.25) is 0 Å². The van der Waals surface area contributed by atoms with E-state index in [1.165, 1.54) is 5.56 Å². The Bertz CT molecular complexity index is 1320. The van der Waals surface area contributed by atoms with Crippen LogP contribution in [0.2, 0.25) is 0 Å². The lowest BCUT2D eigenvalue weighted by Crippen LogP contribution is -2.00. The van der Waals surface area contributed by atoms with Crippen LogP contribution in [0.15, 0.2) is 54.7 Å². The molecule has 0 radical (unpaired) electrons. The number of hydrogen-bond acceptors (Lipinski definition) is 1. The number of H-pyrrole nitrogens is 2. The lowest BCUT2D eigenvalue weighted by atomic mass is 9.90. The predicted octanol–water partition coefficient (Wildman–Crippen LogP) is 5.97. The van der Waals surface area contributed by atoms with Gasteiger partial charge in [0.1, 0.15) is 5.69 Å². The van der Waals surface area contributed by atoms with Crippen molar-refractivity contribution in [2.75, 3.05) is 0 Å². The number of carbonyl (C=O) groups is 1. The molecule has 0 unspecified atom stereocenters. The molecule has 4 nitrogen and oxygen atoms in total. The Morgan fingerprint density at radius 3 is 2.69 bits per heavy atom. The molecule has 0 amide bonds. The first-order valence-electron chi connectivity index (χ1n) is 10.1. The monoisotopic (exact) mass is 380 g/mol. The number of aromatic nitrogens is 2. The van der Waals surface area contributed by atoms with Gasteiger partial charge in [0.15, 0.2) is 0 Å². The number of carboxylic acid groups (broad SMARTS) is 1. The minimum atomic E-state index is -0.908. The second kappa shape index (κ2) is 5.98. The summed E-state index contributed by atoms with van der Waals surface area (Å²) in [5.41, 5.74) is 8.82. The highest BCUT2D eigenvalue weighted by molar-refractivity contribution is 6.03. The normalized spacial score (nSPS) is 15.2. The van der Waals surface area contributed by atoms with Crippen LogP contribution in [-0.2, 0) is 6.42 Å². The molecular weight excluding hydrogens is 360 g/mol. The van der Waals surface area contributed by atoms with Gasteiger partial charge in [-0.15, -0.1) is 0 Å². The average molecular weight is 380 g/mol. The Kier molecular flexibility index (Phi) is 3.39. The fraction of sp³-hybridized carbons (Fsp3) is 0.160. The van der Waals surface area contributed by atoms with Crippen molar-refractivity contribution in [2.24, 2.45) is 0 Å². The van der Waals surface area contributed by atoms with E-state index < -0.39 is 5.97 Å². The summed E-state index contributed by atoms with van der Waals surface area (Å²) >= 11 is 0. The van der Waals surface area contributed by atoms with Crippen LogP contribution in [0.4, 0.5) is 0 Å². The minimum absolute atomic E-state index is 0.295. The second-order valence-electron chi connectivity index (χ2n) is 7.97. The van der Waals surface area contributed by atoms with Crippen LogP contribution in [0.5, 0.6) is 0 Å². The van der Waals surface area contributed by atoms with E-state index in [0.717, 1.165) is 63.7 Å². The van der Waals surface area contributed by atoms with Crippen molar-refractivity contribution in [3.05, 3.63) is 77.1 Å². The molecule has 0 aliphatic heterocycles. The summed E-state index contributed by atoms with van der Waals surface area (Å²) < 4.78 is 0. The van der Waals surface area contributed by atoms with Crippen molar-refractivity contribution in [1.82, 2.24) is 9.97 Å². The van der Waals surface area contributed by atoms with Crippen molar-refractivity contribution in [1.29, 1.82) is 0 Å². The van der Waals surface area contributed by atoms with Gasteiger partial charge in [0.25, 0.3) is 0 Å². The maximum atomic E-state index is 12.3. The number of fused-ring (bicyclic) bond motifs is 2. The smallest absolute Gasteiger partial charge is 0.352 e. The molecule has 142 valence electrons. The molecule has 0 bridgehead atoms. The quantitative estimate of drug-likeness (QED) is 0.408. The topological polar surface area (TPSA) is 68.9 Å². The summed E-state index contributed by atoms with van der Waals surface area (Å²) in [6.07, 6.45) is 9.33. The van der Waals surface area contributed by atoms with Crippen LogP contribution in [0.25, 0.3) is 39.4 Å². The van der Waals surface area contributed by atoms with E-state index in [-0.39, 0.29) is 0 Å². The van der Waals surface area contributed by atoms with Crippen molar-refractivity contribution in [3.63, 3.8) is 0 Å². The largest absolute Gasteiger partial charge is 0.477 e. The van der Waals surface area contributed by atoms with Crippen molar-refractivity contribution >= 4 is 22.9 Å². The molecule has 29 heavy (non-hydrogen) atoms. The Labute approximate surface area is 167 Å². The Morgan fingerprint density at radius 2 is 1.86 bits per heavy atom. The van der Waals surface area contributed by atoms with Gasteiger partial charge in [-0.1, -0.05) is 42.5 Å². The van der Waals surface area contributed by atoms with Gasteiger partial charge in [-0.2, -0.15) is 0 Å². The molecular formula is C25H20N2O2. The van der Waals surface area contributed by atoms with E-state index in [1.54, 1.807) is 0 Å². The highest BCUT2D eigenvalue weighted by Gasteiger charge is 2.35. The lowest BCUT2D eigenvalue weighted by Gasteiger charge is -2.12. The molecule has 2 aliphatic rings. The average Bonchev–Trinajstić information content (AvgIpc) is 3.14. The first kappa shape index (κ1) is 16.4. The molecule has 2 aliphatic carbocycles. The molecule has 2 aromatic heterocycles. The summed E-state index contributed by atoms with van der Waals surface area (Å²) in [7, 11) is 0. The van der Waals surface area contributed by atoms with E-state index in [9.17, 15) is 9.90 Å². The van der Waals surface area contributed by atoms with Crippen LogP contribution in [-0.4, -0.2) is 21.0 Å². The van der Waals surface area contributed by atoms with Crippen LogP contribution in [0.1, 0.15) is 45.9 Å². The van der Waals surface area contributed by atoms with Gasteiger partial charge >= 0.3 is 5.97 Å². The third-order valence-corrected chi connectivity index (χ3v) is 6.19. The fourth-order valence-electron chi connectivity index (χ4n) is 4.76. The van der Waals surface area contributed by atoms with Crippen molar-refractivity contribution in [2.45, 2.75) is 25.2 Å². The van der Waals surface area contributed by atoms with Crippen LogP contribution in [0.3, 0.4) is 0 Å². The summed E-state index contributed by atoms with van der Waals surface area (Å²) in [5.74, 6) is -0.506. The zero-order valence-electron chi connectivity index (χ0n) is 15.8. The number of aromatic amines is 2. The zero-order chi connectivity index (χ0) is 19.5. The number of allylic oxidation sites excluding steroid dienone is 1. The standard InChI is InChI=1S/C25H20N2O2/c28-25(29)24-22(18-7-2-5-14-4-1-6-16(14)18)21(15-10-11-15)23(27-24)19-8-3-9-20-17(19)12-13-26-20/h1-3,5-9,12-13,15,26-27H,4,10-11H2,(H,28,29). The zero-order valence-corrected chi connectivity index (χ0v) is 15.8. The van der Waals surface area contributed by atoms with Crippen molar-refractivity contribution in [3.8, 4) is 22.4 Å². The van der Waals surface area contributed by atoms with E-state index >= 15 is 0 Å². The van der Waals surface area contributed by atoms with E-state index in [2.05, 4.69) is 46.4 Å². The first-order chi connectivity index (χ1) is 14.2. The summed E-state index contributed by atoms with van der Waals surface area (Å²) in [6.45, 7) is 0. The van der Waals surface area contributed by atoms with Crippen LogP contribution < -0.4 is 0 Å².